The molecule has 1 spiro atoms. The van der Waals surface area contributed by atoms with E-state index in [1.54, 1.807) is 5.56 Å². The molecule has 1 aliphatic heterocycles. The summed E-state index contributed by atoms with van der Waals surface area (Å²) < 4.78 is 0. The van der Waals surface area contributed by atoms with Gasteiger partial charge in [0.1, 0.15) is 0 Å². The van der Waals surface area contributed by atoms with E-state index in [1.165, 1.54) is 58.0 Å². The summed E-state index contributed by atoms with van der Waals surface area (Å²) in [4.78, 5) is 0. The van der Waals surface area contributed by atoms with Gasteiger partial charge in [-0.3, -0.25) is 0 Å². The summed E-state index contributed by atoms with van der Waals surface area (Å²) in [5.41, 5.74) is 2.19. The summed E-state index contributed by atoms with van der Waals surface area (Å²) in [5.74, 6) is 1.68. The maximum absolute atomic E-state index is 3.66. The number of piperidine rings is 1. The topological polar surface area (TPSA) is 12.0 Å². The first kappa shape index (κ1) is 14.1. The molecule has 3 atom stereocenters. The Labute approximate surface area is 124 Å². The quantitative estimate of drug-likeness (QED) is 0.837. The lowest BCUT2D eigenvalue weighted by molar-refractivity contribution is 0.0285. The summed E-state index contributed by atoms with van der Waals surface area (Å²) >= 11 is 0. The molecule has 1 heteroatoms. The third-order valence-electron chi connectivity index (χ3n) is 5.89. The fourth-order valence-corrected chi connectivity index (χ4v) is 4.98. The van der Waals surface area contributed by atoms with Gasteiger partial charge in [-0.15, -0.1) is 0 Å². The normalized spacial score (nSPS) is 34.2. The van der Waals surface area contributed by atoms with Gasteiger partial charge in [0.2, 0.25) is 0 Å². The van der Waals surface area contributed by atoms with E-state index in [9.17, 15) is 0 Å². The predicted octanol–water partition coefficient (Wildman–Crippen LogP) is 4.74. The molecule has 2 aliphatic rings. The number of benzene rings is 1. The Morgan fingerprint density at radius 3 is 2.80 bits per heavy atom. The van der Waals surface area contributed by atoms with Crippen molar-refractivity contribution in [2.75, 3.05) is 13.1 Å². The molecule has 1 N–H and O–H groups in total. The molecule has 20 heavy (non-hydrogen) atoms. The van der Waals surface area contributed by atoms with Gasteiger partial charge in [-0.1, -0.05) is 56.5 Å². The smallest absolute Gasteiger partial charge is 0.00150 e. The second-order valence-electron chi connectivity index (χ2n) is 6.88. The minimum Gasteiger partial charge on any atom is -0.316 e. The fourth-order valence-electron chi connectivity index (χ4n) is 4.98. The van der Waals surface area contributed by atoms with E-state index < -0.39 is 0 Å². The molecule has 0 bridgehead atoms. The largest absolute Gasteiger partial charge is 0.316 e. The van der Waals surface area contributed by atoms with Gasteiger partial charge in [-0.05, 0) is 61.6 Å². The van der Waals surface area contributed by atoms with Crippen molar-refractivity contribution in [3.63, 3.8) is 0 Å². The Hall–Kier alpha value is -0.820. The number of hydrogen-bond donors (Lipinski definition) is 1. The molecule has 3 rings (SSSR count). The first-order valence-corrected chi connectivity index (χ1v) is 8.62. The van der Waals surface area contributed by atoms with Crippen LogP contribution in [0.2, 0.25) is 0 Å². The summed E-state index contributed by atoms with van der Waals surface area (Å²) in [5, 5.41) is 3.66. The highest BCUT2D eigenvalue weighted by atomic mass is 14.9. The van der Waals surface area contributed by atoms with Crippen LogP contribution in [0.4, 0.5) is 0 Å². The molecule has 1 aromatic carbocycles. The average Bonchev–Trinajstić information content (AvgIpc) is 2.51. The molecule has 2 fully saturated rings. The van der Waals surface area contributed by atoms with E-state index in [0.29, 0.717) is 5.41 Å². The molecule has 3 unspecified atom stereocenters. The van der Waals surface area contributed by atoms with Crippen LogP contribution in [0.25, 0.3) is 0 Å². The number of nitrogens with one attached hydrogen (secondary N) is 1. The summed E-state index contributed by atoms with van der Waals surface area (Å²) in [7, 11) is 0. The standard InChI is InChI=1S/C19H29N/c1-2-8-17-15-20-14-13-19(17)12-7-6-11-18(19)16-9-4-3-5-10-16/h3-5,9-10,17-18,20H,2,6-8,11-15H2,1H3. The molecule has 1 aliphatic carbocycles. The zero-order valence-corrected chi connectivity index (χ0v) is 12.9. The van der Waals surface area contributed by atoms with Crippen molar-refractivity contribution in [3.05, 3.63) is 35.9 Å². The first-order valence-electron chi connectivity index (χ1n) is 8.62. The van der Waals surface area contributed by atoms with Crippen molar-refractivity contribution < 1.29 is 0 Å². The molecule has 0 radical (unpaired) electrons. The Bertz CT molecular complexity index is 405. The third kappa shape index (κ3) is 2.53. The van der Waals surface area contributed by atoms with E-state index in [1.807, 2.05) is 0 Å². The zero-order chi connectivity index (χ0) is 13.8. The van der Waals surface area contributed by atoms with Crippen LogP contribution in [-0.2, 0) is 0 Å². The maximum atomic E-state index is 3.66. The van der Waals surface area contributed by atoms with Crippen LogP contribution in [0.1, 0.15) is 63.4 Å². The van der Waals surface area contributed by atoms with Crippen LogP contribution in [0.3, 0.4) is 0 Å². The van der Waals surface area contributed by atoms with Crippen molar-refractivity contribution in [3.8, 4) is 0 Å². The Morgan fingerprint density at radius 2 is 2.00 bits per heavy atom. The minimum atomic E-state index is 0.584. The maximum Gasteiger partial charge on any atom is -0.00150 e. The van der Waals surface area contributed by atoms with Gasteiger partial charge in [0.25, 0.3) is 0 Å². The van der Waals surface area contributed by atoms with Crippen molar-refractivity contribution >= 4 is 0 Å². The Morgan fingerprint density at radius 1 is 1.15 bits per heavy atom. The summed E-state index contributed by atoms with van der Waals surface area (Å²) in [6.07, 6.45) is 9.85. The number of hydrogen-bond acceptors (Lipinski definition) is 1. The lowest BCUT2D eigenvalue weighted by Gasteiger charge is -2.52. The molecule has 1 heterocycles. The van der Waals surface area contributed by atoms with E-state index in [4.69, 9.17) is 0 Å². The van der Waals surface area contributed by atoms with Crippen LogP contribution in [0.5, 0.6) is 0 Å². The van der Waals surface area contributed by atoms with Gasteiger partial charge in [0.15, 0.2) is 0 Å². The molecule has 1 saturated heterocycles. The lowest BCUT2D eigenvalue weighted by atomic mass is 9.54. The molecule has 0 amide bonds. The zero-order valence-electron chi connectivity index (χ0n) is 12.9. The van der Waals surface area contributed by atoms with Gasteiger partial charge in [-0.2, -0.15) is 0 Å². The van der Waals surface area contributed by atoms with Crippen molar-refractivity contribution in [2.24, 2.45) is 11.3 Å². The first-order chi connectivity index (χ1) is 9.87. The minimum absolute atomic E-state index is 0.584. The summed E-state index contributed by atoms with van der Waals surface area (Å²) in [6, 6.07) is 11.4. The molecule has 1 saturated carbocycles. The predicted molar refractivity (Wildman–Crippen MR) is 86.0 cm³/mol. The Kier molecular flexibility index (Phi) is 4.45. The van der Waals surface area contributed by atoms with Gasteiger partial charge in [0.05, 0.1) is 0 Å². The highest BCUT2D eigenvalue weighted by molar-refractivity contribution is 5.24. The molecule has 0 aromatic heterocycles. The van der Waals surface area contributed by atoms with Gasteiger partial charge in [0, 0.05) is 0 Å². The van der Waals surface area contributed by atoms with Gasteiger partial charge >= 0.3 is 0 Å². The van der Waals surface area contributed by atoms with Crippen LogP contribution < -0.4 is 5.32 Å². The van der Waals surface area contributed by atoms with Crippen LogP contribution in [0, 0.1) is 11.3 Å². The fraction of sp³-hybridized carbons (Fsp3) is 0.684. The molecule has 110 valence electrons. The van der Waals surface area contributed by atoms with E-state index in [-0.39, 0.29) is 0 Å². The second kappa shape index (κ2) is 6.30. The highest BCUT2D eigenvalue weighted by Crippen LogP contribution is 2.56. The van der Waals surface area contributed by atoms with E-state index in [0.717, 1.165) is 11.8 Å². The molecular weight excluding hydrogens is 242 g/mol. The van der Waals surface area contributed by atoms with Crippen molar-refractivity contribution in [2.45, 2.75) is 57.8 Å². The van der Waals surface area contributed by atoms with Crippen LogP contribution >= 0.6 is 0 Å². The van der Waals surface area contributed by atoms with Crippen molar-refractivity contribution in [1.82, 2.24) is 5.32 Å². The monoisotopic (exact) mass is 271 g/mol. The third-order valence-corrected chi connectivity index (χ3v) is 5.89. The molecular formula is C19H29N. The highest BCUT2D eigenvalue weighted by Gasteiger charge is 2.47. The van der Waals surface area contributed by atoms with E-state index >= 15 is 0 Å². The molecule has 1 nitrogen and oxygen atoms in total. The lowest BCUT2D eigenvalue weighted by Crippen LogP contribution is -2.49. The van der Waals surface area contributed by atoms with Gasteiger partial charge in [-0.25, -0.2) is 0 Å². The SMILES string of the molecule is CCCC1CNCCC12CCCCC2c1ccccc1. The number of rotatable bonds is 3. The van der Waals surface area contributed by atoms with Crippen LogP contribution in [0.15, 0.2) is 30.3 Å². The van der Waals surface area contributed by atoms with Crippen LogP contribution in [-0.4, -0.2) is 13.1 Å². The second-order valence-corrected chi connectivity index (χ2v) is 6.88. The van der Waals surface area contributed by atoms with E-state index in [2.05, 4.69) is 42.6 Å². The van der Waals surface area contributed by atoms with Crippen molar-refractivity contribution in [1.29, 1.82) is 0 Å². The molecule has 1 aromatic rings. The van der Waals surface area contributed by atoms with Gasteiger partial charge < -0.3 is 5.32 Å². The Balaban J connectivity index is 1.93. The summed E-state index contributed by atoms with van der Waals surface area (Å²) in [6.45, 7) is 4.82. The average molecular weight is 271 g/mol.